The molecule has 0 saturated carbocycles. The van der Waals surface area contributed by atoms with Gasteiger partial charge in [0, 0.05) is 31.9 Å². The summed E-state index contributed by atoms with van der Waals surface area (Å²) in [4.78, 5) is 30.5. The molecule has 2 amide bonds. The van der Waals surface area contributed by atoms with Crippen LogP contribution in [0, 0.1) is 17.2 Å². The van der Waals surface area contributed by atoms with E-state index in [-0.39, 0.29) is 24.2 Å². The van der Waals surface area contributed by atoms with Crippen molar-refractivity contribution < 1.29 is 9.59 Å². The van der Waals surface area contributed by atoms with Crippen molar-refractivity contribution in [2.75, 3.05) is 31.1 Å². The molecule has 1 N–H and O–H groups in total. The Morgan fingerprint density at radius 1 is 0.943 bits per heavy atom. The molecule has 0 aliphatic carbocycles. The van der Waals surface area contributed by atoms with Crippen molar-refractivity contribution in [3.63, 3.8) is 0 Å². The zero-order chi connectivity index (χ0) is 24.8. The monoisotopic (exact) mass is 468 g/mol. The molecule has 6 heteroatoms. The summed E-state index contributed by atoms with van der Waals surface area (Å²) in [6.07, 6.45) is 1.09. The van der Waals surface area contributed by atoms with Crippen LogP contribution >= 0.6 is 0 Å². The molecule has 1 aliphatic heterocycles. The summed E-state index contributed by atoms with van der Waals surface area (Å²) in [7, 11) is 0. The normalized spacial score (nSPS) is 14.9. The first kappa shape index (κ1) is 24.3. The molecule has 0 aromatic heterocycles. The number of anilines is 1. The summed E-state index contributed by atoms with van der Waals surface area (Å²) in [5.41, 5.74) is 2.63. The second-order valence-electron chi connectivity index (χ2n) is 9.47. The van der Waals surface area contributed by atoms with Crippen LogP contribution in [0.2, 0.25) is 0 Å². The molecular formula is C29H32N4O2. The number of hydrogen-bond acceptors (Lipinski definition) is 4. The average molecular weight is 469 g/mol. The molecule has 180 valence electrons. The molecule has 0 radical (unpaired) electrons. The average Bonchev–Trinajstić information content (AvgIpc) is 3.13. The smallest absolute Gasteiger partial charge is 0.245 e. The summed E-state index contributed by atoms with van der Waals surface area (Å²) in [5.74, 6) is -0.171. The van der Waals surface area contributed by atoms with Crippen LogP contribution in [0.4, 0.5) is 5.69 Å². The lowest BCUT2D eigenvalue weighted by Crippen LogP contribution is -2.52. The summed E-state index contributed by atoms with van der Waals surface area (Å²) in [6.45, 7) is 6.77. The van der Waals surface area contributed by atoms with Crippen LogP contribution in [-0.2, 0) is 16.0 Å². The fourth-order valence-electron chi connectivity index (χ4n) is 4.61. The van der Waals surface area contributed by atoms with Gasteiger partial charge in [-0.1, -0.05) is 56.3 Å². The third kappa shape index (κ3) is 5.99. The van der Waals surface area contributed by atoms with Gasteiger partial charge in [0.2, 0.25) is 11.8 Å². The van der Waals surface area contributed by atoms with Gasteiger partial charge in [-0.3, -0.25) is 9.59 Å². The number of benzene rings is 3. The Kier molecular flexibility index (Phi) is 7.67. The minimum atomic E-state index is -0.551. The van der Waals surface area contributed by atoms with Crippen molar-refractivity contribution in [2.24, 2.45) is 5.92 Å². The van der Waals surface area contributed by atoms with Gasteiger partial charge in [0.05, 0.1) is 18.1 Å². The van der Waals surface area contributed by atoms with Gasteiger partial charge in [-0.05, 0) is 52.9 Å². The highest BCUT2D eigenvalue weighted by atomic mass is 16.2. The first-order valence-electron chi connectivity index (χ1n) is 12.3. The predicted octanol–water partition coefficient (Wildman–Crippen LogP) is 4.13. The van der Waals surface area contributed by atoms with Crippen molar-refractivity contribution in [1.82, 2.24) is 10.2 Å². The largest absolute Gasteiger partial charge is 0.370 e. The summed E-state index contributed by atoms with van der Waals surface area (Å²) in [5, 5.41) is 14.3. The molecule has 1 fully saturated rings. The SMILES string of the molecule is CC(C)C(NC(=O)Cc1ccc2ccccc2c1)C(=O)N1CCCN(c2ccc(C#N)cc2)CC1. The lowest BCUT2D eigenvalue weighted by molar-refractivity contribution is -0.137. The second-order valence-corrected chi connectivity index (χ2v) is 9.47. The highest BCUT2D eigenvalue weighted by Crippen LogP contribution is 2.19. The predicted molar refractivity (Wildman–Crippen MR) is 139 cm³/mol. The Morgan fingerprint density at radius 2 is 1.69 bits per heavy atom. The Balaban J connectivity index is 1.38. The number of nitrogens with zero attached hydrogens (tertiary/aromatic N) is 3. The van der Waals surface area contributed by atoms with Crippen LogP contribution in [0.1, 0.15) is 31.4 Å². The van der Waals surface area contributed by atoms with Crippen molar-refractivity contribution in [3.8, 4) is 6.07 Å². The minimum Gasteiger partial charge on any atom is -0.370 e. The van der Waals surface area contributed by atoms with Crippen molar-refractivity contribution in [1.29, 1.82) is 5.26 Å². The van der Waals surface area contributed by atoms with Crippen LogP contribution in [-0.4, -0.2) is 48.9 Å². The molecule has 0 bridgehead atoms. The Bertz CT molecular complexity index is 1230. The van der Waals surface area contributed by atoms with Gasteiger partial charge in [-0.25, -0.2) is 0 Å². The highest BCUT2D eigenvalue weighted by molar-refractivity contribution is 5.90. The maximum atomic E-state index is 13.4. The second kappa shape index (κ2) is 11.1. The van der Waals surface area contributed by atoms with E-state index in [1.165, 1.54) is 0 Å². The number of amides is 2. The number of carbonyl (C=O) groups is 2. The third-order valence-electron chi connectivity index (χ3n) is 6.60. The lowest BCUT2D eigenvalue weighted by atomic mass is 10.0. The molecule has 35 heavy (non-hydrogen) atoms. The molecule has 1 unspecified atom stereocenters. The van der Waals surface area contributed by atoms with Crippen LogP contribution in [0.15, 0.2) is 66.7 Å². The molecule has 3 aromatic rings. The molecule has 6 nitrogen and oxygen atoms in total. The van der Waals surface area contributed by atoms with Crippen LogP contribution in [0.25, 0.3) is 10.8 Å². The Labute approximate surface area is 207 Å². The van der Waals surface area contributed by atoms with Crippen molar-refractivity contribution in [2.45, 2.75) is 32.7 Å². The van der Waals surface area contributed by atoms with E-state index < -0.39 is 6.04 Å². The maximum Gasteiger partial charge on any atom is 0.245 e. The zero-order valence-corrected chi connectivity index (χ0v) is 20.4. The van der Waals surface area contributed by atoms with E-state index in [0.29, 0.717) is 25.2 Å². The fourth-order valence-corrected chi connectivity index (χ4v) is 4.61. The third-order valence-corrected chi connectivity index (χ3v) is 6.60. The van der Waals surface area contributed by atoms with Gasteiger partial charge in [-0.15, -0.1) is 0 Å². The number of rotatable bonds is 6. The number of hydrogen-bond donors (Lipinski definition) is 1. The summed E-state index contributed by atoms with van der Waals surface area (Å²) in [6, 6.07) is 23.3. The highest BCUT2D eigenvalue weighted by Gasteiger charge is 2.30. The molecule has 1 atom stereocenters. The van der Waals surface area contributed by atoms with E-state index >= 15 is 0 Å². The topological polar surface area (TPSA) is 76.4 Å². The Hall–Kier alpha value is -3.85. The zero-order valence-electron chi connectivity index (χ0n) is 20.4. The van der Waals surface area contributed by atoms with E-state index in [4.69, 9.17) is 5.26 Å². The number of carbonyl (C=O) groups excluding carboxylic acids is 2. The lowest BCUT2D eigenvalue weighted by Gasteiger charge is -2.29. The van der Waals surface area contributed by atoms with Crippen molar-refractivity contribution >= 4 is 28.3 Å². The number of nitriles is 1. The minimum absolute atomic E-state index is 0.0130. The number of fused-ring (bicyclic) bond motifs is 1. The summed E-state index contributed by atoms with van der Waals surface area (Å²) >= 11 is 0. The molecule has 1 saturated heterocycles. The van der Waals surface area contributed by atoms with Gasteiger partial charge in [0.1, 0.15) is 6.04 Å². The molecular weight excluding hydrogens is 436 g/mol. The van der Waals surface area contributed by atoms with Crippen LogP contribution in [0.3, 0.4) is 0 Å². The van der Waals surface area contributed by atoms with Crippen molar-refractivity contribution in [3.05, 3.63) is 77.9 Å². The van der Waals surface area contributed by atoms with E-state index in [9.17, 15) is 9.59 Å². The van der Waals surface area contributed by atoms with Gasteiger partial charge in [-0.2, -0.15) is 5.26 Å². The van der Waals surface area contributed by atoms with Gasteiger partial charge >= 0.3 is 0 Å². The number of nitrogens with one attached hydrogen (secondary N) is 1. The van der Waals surface area contributed by atoms with Gasteiger partial charge in [0.25, 0.3) is 0 Å². The summed E-state index contributed by atoms with van der Waals surface area (Å²) < 4.78 is 0. The van der Waals surface area contributed by atoms with Gasteiger partial charge < -0.3 is 15.1 Å². The fraction of sp³-hybridized carbons (Fsp3) is 0.345. The van der Waals surface area contributed by atoms with E-state index in [1.54, 1.807) is 0 Å². The molecule has 3 aromatic carbocycles. The first-order valence-corrected chi connectivity index (χ1v) is 12.3. The first-order chi connectivity index (χ1) is 16.9. The van der Waals surface area contributed by atoms with E-state index in [0.717, 1.165) is 35.0 Å². The Morgan fingerprint density at radius 3 is 2.40 bits per heavy atom. The quantitative estimate of drug-likeness (QED) is 0.590. The van der Waals surface area contributed by atoms with Crippen LogP contribution < -0.4 is 10.2 Å². The van der Waals surface area contributed by atoms with Crippen LogP contribution in [0.5, 0.6) is 0 Å². The molecule has 4 rings (SSSR count). The van der Waals surface area contributed by atoms with E-state index in [1.807, 2.05) is 79.4 Å². The maximum absolute atomic E-state index is 13.4. The van der Waals surface area contributed by atoms with Gasteiger partial charge in [0.15, 0.2) is 0 Å². The molecule has 1 heterocycles. The van der Waals surface area contributed by atoms with E-state index in [2.05, 4.69) is 22.4 Å². The standard InChI is InChI=1S/C29H32N4O2/c1-21(2)28(31-27(34)19-23-8-11-24-6-3-4-7-25(24)18-23)29(35)33-15-5-14-32(16-17-33)26-12-9-22(20-30)10-13-26/h3-4,6-13,18,21,28H,5,14-17,19H2,1-2H3,(H,31,34). The molecule has 1 aliphatic rings. The molecule has 0 spiro atoms.